The molecule has 0 bridgehead atoms. The highest BCUT2D eigenvalue weighted by atomic mass is 16.6. The highest BCUT2D eigenvalue weighted by Gasteiger charge is 2.43. The minimum absolute atomic E-state index is 0.00944. The summed E-state index contributed by atoms with van der Waals surface area (Å²) in [6.07, 6.45) is 4.78. The number of nitro groups is 1. The van der Waals surface area contributed by atoms with Crippen molar-refractivity contribution in [2.24, 2.45) is 5.92 Å². The van der Waals surface area contributed by atoms with Crippen LogP contribution in [0.25, 0.3) is 0 Å². The third kappa shape index (κ3) is 2.91. The van der Waals surface area contributed by atoms with Gasteiger partial charge in [-0.25, -0.2) is 0 Å². The van der Waals surface area contributed by atoms with E-state index in [2.05, 4.69) is 5.32 Å². The van der Waals surface area contributed by atoms with Crippen LogP contribution in [0.2, 0.25) is 0 Å². The molecule has 0 radical (unpaired) electrons. The second kappa shape index (κ2) is 7.20. The number of aromatic hydroxyl groups is 1. The van der Waals surface area contributed by atoms with Crippen molar-refractivity contribution in [3.63, 3.8) is 0 Å². The first kappa shape index (κ1) is 18.9. The average molecular weight is 398 g/mol. The van der Waals surface area contributed by atoms with Gasteiger partial charge in [0.05, 0.1) is 43.5 Å². The highest BCUT2D eigenvalue weighted by molar-refractivity contribution is 5.73. The largest absolute Gasteiger partial charge is 0.506 e. The van der Waals surface area contributed by atoms with Gasteiger partial charge in [-0.15, -0.1) is 0 Å². The number of fused-ring (bicyclic) bond motifs is 3. The normalized spacial score (nSPS) is 21.7. The molecule has 2 N–H and O–H groups in total. The lowest BCUT2D eigenvalue weighted by molar-refractivity contribution is -0.385. The lowest BCUT2D eigenvalue weighted by Crippen LogP contribution is -2.29. The van der Waals surface area contributed by atoms with Crippen molar-refractivity contribution in [1.29, 1.82) is 0 Å². The van der Waals surface area contributed by atoms with E-state index in [9.17, 15) is 15.2 Å². The van der Waals surface area contributed by atoms with E-state index >= 15 is 0 Å². The first-order valence-corrected chi connectivity index (χ1v) is 9.23. The molecule has 8 heteroatoms. The smallest absolute Gasteiger partial charge is 0.275 e. The zero-order chi connectivity index (χ0) is 20.7. The molecular formula is C21H22N2O6. The minimum atomic E-state index is -0.400. The molecule has 1 heterocycles. The van der Waals surface area contributed by atoms with Gasteiger partial charge >= 0.3 is 0 Å². The summed E-state index contributed by atoms with van der Waals surface area (Å²) in [5.74, 6) is 1.41. The number of phenols is 1. The molecule has 3 unspecified atom stereocenters. The van der Waals surface area contributed by atoms with Gasteiger partial charge in [-0.05, 0) is 36.1 Å². The Balaban J connectivity index is 1.87. The van der Waals surface area contributed by atoms with Crippen molar-refractivity contribution in [2.75, 3.05) is 26.6 Å². The first-order chi connectivity index (χ1) is 14.0. The molecular weight excluding hydrogens is 376 g/mol. The van der Waals surface area contributed by atoms with Crippen LogP contribution < -0.4 is 19.5 Å². The third-order valence-corrected chi connectivity index (χ3v) is 5.72. The molecule has 2 aromatic carbocycles. The summed E-state index contributed by atoms with van der Waals surface area (Å²) in [6.45, 7) is 0. The second-order valence-electron chi connectivity index (χ2n) is 7.08. The van der Waals surface area contributed by atoms with Gasteiger partial charge in [-0.3, -0.25) is 10.1 Å². The molecule has 0 spiro atoms. The Morgan fingerprint density at radius 3 is 2.41 bits per heavy atom. The molecule has 1 aliphatic heterocycles. The molecule has 0 aromatic heterocycles. The van der Waals surface area contributed by atoms with Crippen LogP contribution >= 0.6 is 0 Å². The van der Waals surface area contributed by atoms with E-state index in [1.165, 1.54) is 12.1 Å². The fourth-order valence-corrected chi connectivity index (χ4v) is 4.44. The molecule has 1 aliphatic carbocycles. The molecule has 2 aromatic rings. The summed E-state index contributed by atoms with van der Waals surface area (Å²) in [4.78, 5) is 11.2. The molecule has 3 atom stereocenters. The maximum absolute atomic E-state index is 11.6. The predicted octanol–water partition coefficient (Wildman–Crippen LogP) is 4.15. The van der Waals surface area contributed by atoms with E-state index in [4.69, 9.17) is 14.2 Å². The van der Waals surface area contributed by atoms with Gasteiger partial charge in [0, 0.05) is 12.0 Å². The first-order valence-electron chi connectivity index (χ1n) is 9.23. The van der Waals surface area contributed by atoms with Crippen LogP contribution in [0.3, 0.4) is 0 Å². The van der Waals surface area contributed by atoms with Gasteiger partial charge in [0.25, 0.3) is 5.69 Å². The maximum atomic E-state index is 11.6. The fourth-order valence-electron chi connectivity index (χ4n) is 4.44. The molecule has 8 nitrogen and oxygen atoms in total. The number of benzene rings is 2. The van der Waals surface area contributed by atoms with Crippen LogP contribution in [-0.2, 0) is 0 Å². The van der Waals surface area contributed by atoms with Crippen LogP contribution in [0.4, 0.5) is 11.4 Å². The number of nitrogens with one attached hydrogen (secondary N) is 1. The number of hydrogen-bond acceptors (Lipinski definition) is 7. The van der Waals surface area contributed by atoms with E-state index in [-0.39, 0.29) is 29.3 Å². The molecule has 0 fully saturated rings. The summed E-state index contributed by atoms with van der Waals surface area (Å²) in [6, 6.07) is 6.25. The van der Waals surface area contributed by atoms with Gasteiger partial charge in [-0.1, -0.05) is 12.2 Å². The van der Waals surface area contributed by atoms with Crippen molar-refractivity contribution in [3.05, 3.63) is 57.7 Å². The Kier molecular flexibility index (Phi) is 4.70. The van der Waals surface area contributed by atoms with Gasteiger partial charge in [-0.2, -0.15) is 0 Å². The van der Waals surface area contributed by atoms with Gasteiger partial charge in [0.15, 0.2) is 11.5 Å². The second-order valence-corrected chi connectivity index (χ2v) is 7.08. The highest BCUT2D eigenvalue weighted by Crippen LogP contribution is 2.55. The number of anilines is 1. The summed E-state index contributed by atoms with van der Waals surface area (Å²) in [7, 11) is 4.66. The SMILES string of the molecule is COc1cc(C2Nc3c(O)ccc([N+](=O)[O-])c3C3C=CCC32)cc(OC)c1OC. The number of ether oxygens (including phenoxy) is 3. The molecule has 2 aliphatic rings. The quantitative estimate of drug-likeness (QED) is 0.337. The Bertz CT molecular complexity index is 978. The number of hydrogen-bond donors (Lipinski definition) is 2. The Morgan fingerprint density at radius 2 is 1.83 bits per heavy atom. The zero-order valence-corrected chi connectivity index (χ0v) is 16.3. The van der Waals surface area contributed by atoms with Crippen molar-refractivity contribution >= 4 is 11.4 Å². The van der Waals surface area contributed by atoms with Crippen LogP contribution in [0.1, 0.15) is 29.5 Å². The Hall–Kier alpha value is -3.42. The van der Waals surface area contributed by atoms with Crippen LogP contribution in [0.15, 0.2) is 36.4 Å². The zero-order valence-electron chi connectivity index (χ0n) is 16.3. The monoisotopic (exact) mass is 398 g/mol. The van der Waals surface area contributed by atoms with Crippen molar-refractivity contribution in [3.8, 4) is 23.0 Å². The number of rotatable bonds is 5. The molecule has 152 valence electrons. The van der Waals surface area contributed by atoms with Crippen molar-refractivity contribution in [2.45, 2.75) is 18.4 Å². The topological polar surface area (TPSA) is 103 Å². The molecule has 4 rings (SSSR count). The van der Waals surface area contributed by atoms with E-state index in [1.54, 1.807) is 21.3 Å². The Labute approximate surface area is 167 Å². The van der Waals surface area contributed by atoms with Gasteiger partial charge < -0.3 is 24.6 Å². The van der Waals surface area contributed by atoms with E-state index < -0.39 is 4.92 Å². The van der Waals surface area contributed by atoms with Crippen molar-refractivity contribution in [1.82, 2.24) is 0 Å². The van der Waals surface area contributed by atoms with E-state index in [1.807, 2.05) is 24.3 Å². The van der Waals surface area contributed by atoms with Crippen LogP contribution in [0, 0.1) is 16.0 Å². The summed E-state index contributed by atoms with van der Waals surface area (Å²) in [5.41, 5.74) is 1.81. The number of phenolic OH excluding ortho intramolecular Hbond substituents is 1. The van der Waals surface area contributed by atoms with Gasteiger partial charge in [0.1, 0.15) is 5.75 Å². The molecule has 0 saturated carbocycles. The lowest BCUT2D eigenvalue weighted by atomic mass is 9.76. The van der Waals surface area contributed by atoms with Gasteiger partial charge in [0.2, 0.25) is 5.75 Å². The summed E-state index contributed by atoms with van der Waals surface area (Å²) >= 11 is 0. The van der Waals surface area contributed by atoms with Crippen molar-refractivity contribution < 1.29 is 24.2 Å². The molecule has 0 saturated heterocycles. The fraction of sp³-hybridized carbons (Fsp3) is 0.333. The summed E-state index contributed by atoms with van der Waals surface area (Å²) < 4.78 is 16.4. The minimum Gasteiger partial charge on any atom is -0.506 e. The molecule has 29 heavy (non-hydrogen) atoms. The van der Waals surface area contributed by atoms with Crippen LogP contribution in [-0.4, -0.2) is 31.4 Å². The number of allylic oxidation sites excluding steroid dienone is 2. The standard InChI is InChI=1S/C21H22N2O6/c1-27-16-9-11(10-17(28-2)21(16)29-3)19-13-6-4-5-12(13)18-14(23(25)26)7-8-15(24)20(18)22-19/h4-5,7-10,12-13,19,22,24H,6H2,1-3H3. The number of nitrogens with zero attached hydrogens (tertiary/aromatic N) is 1. The summed E-state index contributed by atoms with van der Waals surface area (Å²) in [5, 5.41) is 25.4. The van der Waals surface area contributed by atoms with E-state index in [0.717, 1.165) is 12.0 Å². The third-order valence-electron chi connectivity index (χ3n) is 5.72. The van der Waals surface area contributed by atoms with Crippen LogP contribution in [0.5, 0.6) is 23.0 Å². The average Bonchev–Trinajstić information content (AvgIpc) is 3.22. The maximum Gasteiger partial charge on any atom is 0.275 e. The predicted molar refractivity (Wildman–Crippen MR) is 107 cm³/mol. The number of nitro benzene ring substituents is 1. The molecule has 0 amide bonds. The van der Waals surface area contributed by atoms with E-state index in [0.29, 0.717) is 28.5 Å². The Morgan fingerprint density at radius 1 is 1.14 bits per heavy atom. The number of methoxy groups -OCH3 is 3. The lowest BCUT2D eigenvalue weighted by Gasteiger charge is -2.37.